The Balaban J connectivity index is 2.02. The molecule has 0 radical (unpaired) electrons. The van der Waals surface area contributed by atoms with Crippen LogP contribution in [0.5, 0.6) is 11.5 Å². The maximum Gasteiger partial charge on any atom is 0.280 e. The number of allylic oxidation sites excluding steroid dienone is 1. The van der Waals surface area contributed by atoms with Crippen LogP contribution in [0.2, 0.25) is 0 Å². The summed E-state index contributed by atoms with van der Waals surface area (Å²) in [7, 11) is 1.47. The smallest absolute Gasteiger partial charge is 0.280 e. The number of methoxy groups -OCH3 is 1. The Bertz CT molecular complexity index is 1260. The average molecular weight is 385 g/mol. The monoisotopic (exact) mass is 385 g/mol. The highest BCUT2D eigenvalue weighted by molar-refractivity contribution is 6.06. The number of carbonyl (C=O) groups is 1. The summed E-state index contributed by atoms with van der Waals surface area (Å²) >= 11 is 0. The molecule has 2 aromatic carbocycles. The first-order chi connectivity index (χ1) is 14.1. The Hall–Kier alpha value is -4.36. The van der Waals surface area contributed by atoms with Crippen LogP contribution in [0.4, 0.5) is 0 Å². The van der Waals surface area contributed by atoms with Crippen molar-refractivity contribution in [2.45, 2.75) is 0 Å². The van der Waals surface area contributed by atoms with Crippen LogP contribution in [0.15, 0.2) is 59.2 Å². The van der Waals surface area contributed by atoms with Gasteiger partial charge in [-0.15, -0.1) is 6.42 Å². The van der Waals surface area contributed by atoms with Gasteiger partial charge in [0.05, 0.1) is 18.0 Å². The van der Waals surface area contributed by atoms with Crippen molar-refractivity contribution in [3.8, 4) is 29.9 Å². The lowest BCUT2D eigenvalue weighted by atomic mass is 10.1. The molecule has 0 bridgehead atoms. The first-order valence-electron chi connectivity index (χ1n) is 8.46. The van der Waals surface area contributed by atoms with E-state index in [0.717, 1.165) is 6.33 Å². The number of hydrogen-bond donors (Lipinski definition) is 0. The highest BCUT2D eigenvalue weighted by Crippen LogP contribution is 2.29. The molecule has 0 N–H and O–H groups in total. The fourth-order valence-corrected chi connectivity index (χ4v) is 2.72. The molecule has 0 aliphatic carbocycles. The fourth-order valence-electron chi connectivity index (χ4n) is 2.72. The molecule has 0 saturated carbocycles. The number of nitriles is 1. The van der Waals surface area contributed by atoms with Gasteiger partial charge < -0.3 is 9.47 Å². The van der Waals surface area contributed by atoms with E-state index >= 15 is 0 Å². The number of ether oxygens (including phenoxy) is 2. The van der Waals surface area contributed by atoms with Gasteiger partial charge in [-0.25, -0.2) is 0 Å². The molecule has 7 heteroatoms. The molecule has 0 aliphatic heterocycles. The van der Waals surface area contributed by atoms with Gasteiger partial charge in [0, 0.05) is 0 Å². The van der Waals surface area contributed by atoms with Crippen molar-refractivity contribution in [1.82, 2.24) is 9.55 Å². The number of hydrogen-bond acceptors (Lipinski definition) is 6. The van der Waals surface area contributed by atoms with Crippen molar-refractivity contribution in [2.75, 3.05) is 13.7 Å². The van der Waals surface area contributed by atoms with Gasteiger partial charge in [0.25, 0.3) is 11.5 Å². The molecular weight excluding hydrogens is 370 g/mol. The summed E-state index contributed by atoms with van der Waals surface area (Å²) in [6.07, 6.45) is 7.73. The minimum atomic E-state index is -0.608. The lowest BCUT2D eigenvalue weighted by molar-refractivity contribution is 0.0964. The lowest BCUT2D eigenvalue weighted by Gasteiger charge is -2.10. The van der Waals surface area contributed by atoms with Crippen LogP contribution >= 0.6 is 0 Å². The molecule has 0 fully saturated rings. The highest BCUT2D eigenvalue weighted by atomic mass is 16.5. The molecule has 0 aliphatic rings. The van der Waals surface area contributed by atoms with Gasteiger partial charge in [0.15, 0.2) is 11.5 Å². The minimum Gasteiger partial charge on any atom is -0.493 e. The third kappa shape index (κ3) is 4.00. The second-order valence-corrected chi connectivity index (χ2v) is 5.81. The summed E-state index contributed by atoms with van der Waals surface area (Å²) in [5.41, 5.74) is 0.340. The number of benzene rings is 2. The van der Waals surface area contributed by atoms with E-state index in [0.29, 0.717) is 22.6 Å². The third-order valence-electron chi connectivity index (χ3n) is 4.06. The molecule has 3 aromatic rings. The molecule has 3 rings (SSSR count). The Morgan fingerprint density at radius 2 is 2.07 bits per heavy atom. The minimum absolute atomic E-state index is 0.0832. The summed E-state index contributed by atoms with van der Waals surface area (Å²) < 4.78 is 11.8. The van der Waals surface area contributed by atoms with Gasteiger partial charge in [0.1, 0.15) is 24.6 Å². The second-order valence-electron chi connectivity index (χ2n) is 5.81. The molecule has 0 amide bonds. The van der Waals surface area contributed by atoms with E-state index in [4.69, 9.17) is 15.9 Å². The first-order valence-corrected chi connectivity index (χ1v) is 8.46. The zero-order chi connectivity index (χ0) is 20.8. The summed E-state index contributed by atoms with van der Waals surface area (Å²) in [6.45, 7) is 0.0832. The second kappa shape index (κ2) is 8.55. The molecule has 0 saturated heterocycles. The third-order valence-corrected chi connectivity index (χ3v) is 4.06. The molecule has 142 valence electrons. The number of para-hydroxylation sites is 1. The molecule has 7 nitrogen and oxygen atoms in total. The first kappa shape index (κ1) is 19.4. The van der Waals surface area contributed by atoms with E-state index in [1.165, 1.54) is 17.8 Å². The van der Waals surface area contributed by atoms with Gasteiger partial charge in [0.2, 0.25) is 0 Å². The standard InChI is InChI=1S/C22H15N3O4/c1-3-10-29-19-9-8-15(12-20(19)28-2)11-16(13-23)22(27)25-14-24-21(26)17-6-4-5-7-18(17)25/h1,4-9,11-12,14H,10H2,2H3/b16-11+. The Kier molecular flexibility index (Phi) is 5.72. The topological polar surface area (TPSA) is 94.2 Å². The normalized spacial score (nSPS) is 10.8. The Labute approximate surface area is 166 Å². The van der Waals surface area contributed by atoms with E-state index in [-0.39, 0.29) is 17.6 Å². The largest absolute Gasteiger partial charge is 0.493 e. The van der Waals surface area contributed by atoms with E-state index in [9.17, 15) is 14.9 Å². The van der Waals surface area contributed by atoms with E-state index in [2.05, 4.69) is 10.9 Å². The van der Waals surface area contributed by atoms with Crippen LogP contribution in [0.1, 0.15) is 10.4 Å². The quantitative estimate of drug-likeness (QED) is 0.381. The Morgan fingerprint density at radius 1 is 1.28 bits per heavy atom. The van der Waals surface area contributed by atoms with Gasteiger partial charge >= 0.3 is 0 Å². The fraction of sp³-hybridized carbons (Fsp3) is 0.0909. The number of terminal acetylenes is 1. The number of aromatic nitrogens is 2. The van der Waals surface area contributed by atoms with Crippen molar-refractivity contribution >= 4 is 22.9 Å². The summed E-state index contributed by atoms with van der Waals surface area (Å²) in [4.78, 5) is 28.5. The van der Waals surface area contributed by atoms with Crippen molar-refractivity contribution in [3.05, 3.63) is 70.3 Å². The molecule has 0 unspecified atom stereocenters. The van der Waals surface area contributed by atoms with Crippen LogP contribution in [0.3, 0.4) is 0 Å². The van der Waals surface area contributed by atoms with E-state index in [1.807, 2.05) is 6.07 Å². The SMILES string of the molecule is C#CCOc1ccc(/C=C(\C#N)C(=O)n2cnc(=O)c3ccccc32)cc1OC. The maximum atomic E-state index is 12.9. The molecule has 29 heavy (non-hydrogen) atoms. The number of carbonyl (C=O) groups excluding carboxylic acids is 1. The highest BCUT2D eigenvalue weighted by Gasteiger charge is 2.15. The average Bonchev–Trinajstić information content (AvgIpc) is 2.76. The van der Waals surface area contributed by atoms with Gasteiger partial charge in [-0.3, -0.25) is 14.2 Å². The van der Waals surface area contributed by atoms with Crippen molar-refractivity contribution in [1.29, 1.82) is 5.26 Å². The lowest BCUT2D eigenvalue weighted by Crippen LogP contribution is -2.19. The van der Waals surface area contributed by atoms with Crippen LogP contribution in [0, 0.1) is 23.7 Å². The number of nitrogens with zero attached hydrogens (tertiary/aromatic N) is 3. The summed E-state index contributed by atoms with van der Waals surface area (Å²) in [6, 6.07) is 13.4. The molecule has 1 heterocycles. The van der Waals surface area contributed by atoms with Gasteiger partial charge in [-0.05, 0) is 35.9 Å². The van der Waals surface area contributed by atoms with Crippen molar-refractivity contribution < 1.29 is 14.3 Å². The van der Waals surface area contributed by atoms with Crippen LogP contribution in [0.25, 0.3) is 17.0 Å². The van der Waals surface area contributed by atoms with Gasteiger partial charge in [-0.2, -0.15) is 10.2 Å². The zero-order valence-corrected chi connectivity index (χ0v) is 15.5. The number of fused-ring (bicyclic) bond motifs is 1. The molecule has 1 aromatic heterocycles. The van der Waals surface area contributed by atoms with Crippen molar-refractivity contribution in [2.24, 2.45) is 0 Å². The van der Waals surface area contributed by atoms with E-state index in [1.54, 1.807) is 42.5 Å². The van der Waals surface area contributed by atoms with Crippen LogP contribution < -0.4 is 15.0 Å². The van der Waals surface area contributed by atoms with E-state index < -0.39 is 11.5 Å². The predicted octanol–water partition coefficient (Wildman–Crippen LogP) is 2.66. The summed E-state index contributed by atoms with van der Waals surface area (Å²) in [5, 5.41) is 9.82. The molecule has 0 spiro atoms. The molecule has 0 atom stereocenters. The Morgan fingerprint density at radius 3 is 2.79 bits per heavy atom. The zero-order valence-electron chi connectivity index (χ0n) is 15.5. The van der Waals surface area contributed by atoms with Crippen LogP contribution in [-0.2, 0) is 0 Å². The van der Waals surface area contributed by atoms with Crippen LogP contribution in [-0.4, -0.2) is 29.2 Å². The van der Waals surface area contributed by atoms with Crippen molar-refractivity contribution in [3.63, 3.8) is 0 Å². The summed E-state index contributed by atoms with van der Waals surface area (Å²) in [5.74, 6) is 2.62. The predicted molar refractivity (Wildman–Crippen MR) is 108 cm³/mol. The van der Waals surface area contributed by atoms with Gasteiger partial charge in [-0.1, -0.05) is 24.1 Å². The maximum absolute atomic E-state index is 12.9. The molecular formula is C22H15N3O4. The number of rotatable bonds is 5.